The maximum absolute atomic E-state index is 10.6. The summed E-state index contributed by atoms with van der Waals surface area (Å²) in [4.78, 5) is 10.6. The van der Waals surface area contributed by atoms with Crippen LogP contribution in [0.1, 0.15) is 13.8 Å². The molecule has 1 aromatic heterocycles. The second-order valence-corrected chi connectivity index (χ2v) is 5.88. The zero-order valence-corrected chi connectivity index (χ0v) is 14.7. The Kier molecular flexibility index (Phi) is 5.26. The highest BCUT2D eigenvalue weighted by Gasteiger charge is 2.07. The molecule has 0 saturated heterocycles. The Balaban J connectivity index is 1.70. The van der Waals surface area contributed by atoms with Gasteiger partial charge in [-0.05, 0) is 50.2 Å². The summed E-state index contributed by atoms with van der Waals surface area (Å²) in [5.41, 5.74) is 1.77. The summed E-state index contributed by atoms with van der Waals surface area (Å²) in [6.45, 7) is 4.57. The number of nitrogens with zero attached hydrogens (tertiary/aromatic N) is 2. The minimum absolute atomic E-state index is 0.261. The average molecular weight is 355 g/mol. The minimum Gasteiger partial charge on any atom is -0.494 e. The van der Waals surface area contributed by atoms with Crippen LogP contribution in [0.4, 0.5) is 4.79 Å². The number of carboxylic acid groups (broad SMARTS) is 1. The van der Waals surface area contributed by atoms with Crippen molar-refractivity contribution in [1.82, 2.24) is 15.1 Å². The molecule has 0 radical (unpaired) electrons. The van der Waals surface area contributed by atoms with Crippen molar-refractivity contribution in [2.75, 3.05) is 13.2 Å². The summed E-state index contributed by atoms with van der Waals surface area (Å²) in [6, 6.07) is 13.0. The summed E-state index contributed by atoms with van der Waals surface area (Å²) >= 11 is 0. The molecule has 1 heterocycles. The molecule has 136 valence electrons. The molecule has 7 nitrogen and oxygen atoms in total. The van der Waals surface area contributed by atoms with Crippen LogP contribution in [-0.2, 0) is 0 Å². The van der Waals surface area contributed by atoms with E-state index < -0.39 is 6.09 Å². The van der Waals surface area contributed by atoms with E-state index >= 15 is 0 Å². The van der Waals surface area contributed by atoms with Crippen molar-refractivity contribution >= 4 is 17.0 Å². The van der Waals surface area contributed by atoms with E-state index in [4.69, 9.17) is 14.6 Å². The van der Waals surface area contributed by atoms with Gasteiger partial charge in [-0.1, -0.05) is 0 Å². The SMILES string of the molecule is CCOc1ccc2cn(-c3ccc(OC[C@H](C)NC(=O)O)cc3)nc2c1. The smallest absolute Gasteiger partial charge is 0.404 e. The second kappa shape index (κ2) is 7.77. The minimum atomic E-state index is -1.06. The number of benzene rings is 2. The molecule has 2 aromatic carbocycles. The van der Waals surface area contributed by atoms with Crippen molar-refractivity contribution in [1.29, 1.82) is 0 Å². The van der Waals surface area contributed by atoms with Crippen LogP contribution in [0.15, 0.2) is 48.7 Å². The maximum atomic E-state index is 10.6. The zero-order chi connectivity index (χ0) is 18.5. The molecule has 0 bridgehead atoms. The lowest BCUT2D eigenvalue weighted by Crippen LogP contribution is -2.35. The van der Waals surface area contributed by atoms with Crippen LogP contribution in [0.3, 0.4) is 0 Å². The van der Waals surface area contributed by atoms with Gasteiger partial charge in [0.15, 0.2) is 0 Å². The first-order valence-corrected chi connectivity index (χ1v) is 8.40. The third-order valence-electron chi connectivity index (χ3n) is 3.76. The Bertz CT molecular complexity index is 889. The largest absolute Gasteiger partial charge is 0.494 e. The van der Waals surface area contributed by atoms with Gasteiger partial charge in [0.2, 0.25) is 0 Å². The zero-order valence-electron chi connectivity index (χ0n) is 14.7. The van der Waals surface area contributed by atoms with Crippen molar-refractivity contribution in [3.8, 4) is 17.2 Å². The van der Waals surface area contributed by atoms with E-state index in [9.17, 15) is 4.79 Å². The Morgan fingerprint density at radius 1 is 1.19 bits per heavy atom. The topological polar surface area (TPSA) is 85.6 Å². The first-order valence-electron chi connectivity index (χ1n) is 8.40. The molecular weight excluding hydrogens is 334 g/mol. The highest BCUT2D eigenvalue weighted by molar-refractivity contribution is 5.80. The molecule has 0 aliphatic rings. The highest BCUT2D eigenvalue weighted by atomic mass is 16.5. The van der Waals surface area contributed by atoms with Crippen LogP contribution in [0.25, 0.3) is 16.6 Å². The molecule has 0 unspecified atom stereocenters. The lowest BCUT2D eigenvalue weighted by Gasteiger charge is -2.13. The number of amides is 1. The molecule has 0 aliphatic carbocycles. The van der Waals surface area contributed by atoms with Crippen molar-refractivity contribution in [2.24, 2.45) is 0 Å². The number of hydrogen-bond acceptors (Lipinski definition) is 4. The molecule has 0 spiro atoms. The lowest BCUT2D eigenvalue weighted by molar-refractivity contribution is 0.183. The summed E-state index contributed by atoms with van der Waals surface area (Å²) in [5.74, 6) is 1.47. The van der Waals surface area contributed by atoms with Crippen LogP contribution >= 0.6 is 0 Å². The van der Waals surface area contributed by atoms with E-state index in [-0.39, 0.29) is 12.6 Å². The fourth-order valence-corrected chi connectivity index (χ4v) is 2.55. The van der Waals surface area contributed by atoms with Gasteiger partial charge in [-0.2, -0.15) is 5.10 Å². The summed E-state index contributed by atoms with van der Waals surface area (Å²) in [7, 11) is 0. The standard InChI is InChI=1S/C19H21N3O4/c1-3-25-17-7-4-14-11-22(21-18(14)10-17)15-5-8-16(9-6-15)26-12-13(2)20-19(23)24/h4-11,13,20H,3,12H2,1-2H3,(H,23,24)/t13-/m0/s1. The molecular formula is C19H21N3O4. The molecule has 7 heteroatoms. The van der Waals surface area contributed by atoms with E-state index in [1.54, 1.807) is 11.6 Å². The summed E-state index contributed by atoms with van der Waals surface area (Å²) in [5, 5.41) is 16.6. The normalized spacial score (nSPS) is 11.9. The van der Waals surface area contributed by atoms with Crippen molar-refractivity contribution in [3.63, 3.8) is 0 Å². The number of nitrogens with one attached hydrogen (secondary N) is 1. The predicted octanol–water partition coefficient (Wildman–Crippen LogP) is 3.46. The first-order chi connectivity index (χ1) is 12.5. The van der Waals surface area contributed by atoms with E-state index in [0.29, 0.717) is 12.4 Å². The third kappa shape index (κ3) is 4.24. The number of rotatable bonds is 7. The van der Waals surface area contributed by atoms with Crippen LogP contribution in [0, 0.1) is 0 Å². The van der Waals surface area contributed by atoms with Crippen LogP contribution in [0.2, 0.25) is 0 Å². The number of carbonyl (C=O) groups is 1. The van der Waals surface area contributed by atoms with Gasteiger partial charge in [-0.3, -0.25) is 0 Å². The molecule has 3 aromatic rings. The van der Waals surface area contributed by atoms with Gasteiger partial charge in [0.1, 0.15) is 18.1 Å². The summed E-state index contributed by atoms with van der Waals surface area (Å²) in [6.07, 6.45) is 0.898. The molecule has 0 aliphatic heterocycles. The molecule has 26 heavy (non-hydrogen) atoms. The van der Waals surface area contributed by atoms with E-state index in [1.165, 1.54) is 0 Å². The number of ether oxygens (including phenoxy) is 2. The van der Waals surface area contributed by atoms with Crippen LogP contribution in [-0.4, -0.2) is 40.2 Å². The number of aromatic nitrogens is 2. The fourth-order valence-electron chi connectivity index (χ4n) is 2.55. The van der Waals surface area contributed by atoms with Gasteiger partial charge >= 0.3 is 6.09 Å². The molecule has 0 saturated carbocycles. The Hall–Kier alpha value is -3.22. The lowest BCUT2D eigenvalue weighted by atomic mass is 10.2. The Labute approximate surface area is 151 Å². The molecule has 3 rings (SSSR count). The third-order valence-corrected chi connectivity index (χ3v) is 3.76. The molecule has 1 atom stereocenters. The van der Waals surface area contributed by atoms with Gasteiger partial charge in [-0.25, -0.2) is 9.48 Å². The van der Waals surface area contributed by atoms with Gasteiger partial charge in [0, 0.05) is 17.6 Å². The van der Waals surface area contributed by atoms with Crippen LogP contribution in [0.5, 0.6) is 11.5 Å². The van der Waals surface area contributed by atoms with E-state index in [0.717, 1.165) is 22.3 Å². The quantitative estimate of drug-likeness (QED) is 0.678. The van der Waals surface area contributed by atoms with E-state index in [2.05, 4.69) is 10.4 Å². The second-order valence-electron chi connectivity index (χ2n) is 5.88. The van der Waals surface area contributed by atoms with Crippen LogP contribution < -0.4 is 14.8 Å². The van der Waals surface area contributed by atoms with Gasteiger partial charge in [0.05, 0.1) is 23.9 Å². The maximum Gasteiger partial charge on any atom is 0.404 e. The Morgan fingerprint density at radius 2 is 1.92 bits per heavy atom. The van der Waals surface area contributed by atoms with Crippen molar-refractivity contribution < 1.29 is 19.4 Å². The number of fused-ring (bicyclic) bond motifs is 1. The fraction of sp³-hybridized carbons (Fsp3) is 0.263. The highest BCUT2D eigenvalue weighted by Crippen LogP contribution is 2.22. The van der Waals surface area contributed by atoms with E-state index in [1.807, 2.05) is 55.6 Å². The Morgan fingerprint density at radius 3 is 2.62 bits per heavy atom. The predicted molar refractivity (Wildman–Crippen MR) is 98.4 cm³/mol. The number of hydrogen-bond donors (Lipinski definition) is 2. The van der Waals surface area contributed by atoms with Crippen molar-refractivity contribution in [2.45, 2.75) is 19.9 Å². The monoisotopic (exact) mass is 355 g/mol. The summed E-state index contributed by atoms with van der Waals surface area (Å²) < 4.78 is 12.9. The van der Waals surface area contributed by atoms with Gasteiger partial charge in [0.25, 0.3) is 0 Å². The van der Waals surface area contributed by atoms with Gasteiger partial charge < -0.3 is 19.9 Å². The first kappa shape index (κ1) is 17.6. The molecule has 1 amide bonds. The molecule has 2 N–H and O–H groups in total. The molecule has 0 fully saturated rings. The van der Waals surface area contributed by atoms with Gasteiger partial charge in [-0.15, -0.1) is 0 Å². The average Bonchev–Trinajstić information content (AvgIpc) is 3.03. The van der Waals surface area contributed by atoms with Crippen molar-refractivity contribution in [3.05, 3.63) is 48.7 Å².